The highest BCUT2D eigenvalue weighted by Gasteiger charge is 1.91. The van der Waals surface area contributed by atoms with Gasteiger partial charge >= 0.3 is 0 Å². The lowest BCUT2D eigenvalue weighted by Gasteiger charge is -1.98. The Bertz CT molecular complexity index is 438. The summed E-state index contributed by atoms with van der Waals surface area (Å²) < 4.78 is 0. The van der Waals surface area contributed by atoms with Crippen LogP contribution in [0.4, 0.5) is 0 Å². The van der Waals surface area contributed by atoms with Gasteiger partial charge in [0, 0.05) is 0 Å². The van der Waals surface area contributed by atoms with E-state index in [0.29, 0.717) is 0 Å². The van der Waals surface area contributed by atoms with Crippen LogP contribution in [0, 0.1) is 6.92 Å². The van der Waals surface area contributed by atoms with Crippen LogP contribution in [0.5, 0.6) is 0 Å². The molecule has 0 fully saturated rings. The Morgan fingerprint density at radius 1 is 0.923 bits per heavy atom. The third kappa shape index (κ3) is 1.62. The molecule has 0 N–H and O–H groups in total. The minimum absolute atomic E-state index is 1.20. The summed E-state index contributed by atoms with van der Waals surface area (Å²) in [5.74, 6) is 0. The number of hydrogen-bond donors (Lipinski definition) is 0. The summed E-state index contributed by atoms with van der Waals surface area (Å²) in [5.41, 5.74) is 1.20. The van der Waals surface area contributed by atoms with E-state index in [9.17, 15) is 0 Å². The van der Waals surface area contributed by atoms with Crippen molar-refractivity contribution in [2.75, 3.05) is 0 Å². The molecule has 0 nitrogen and oxygen atoms in total. The first-order valence-corrected chi connectivity index (χ1v) is 4.35. The number of hydrogen-bond acceptors (Lipinski definition) is 0. The topological polar surface area (TPSA) is 0 Å². The van der Waals surface area contributed by atoms with Gasteiger partial charge in [0.2, 0.25) is 0 Å². The van der Waals surface area contributed by atoms with Gasteiger partial charge in [0.05, 0.1) is 0 Å². The SMILES string of the molecule is [CH2]/C=C/c1ccc2ccccc2c1. The molecule has 0 saturated heterocycles. The maximum Gasteiger partial charge on any atom is -0.0178 e. The molecule has 0 bridgehead atoms. The minimum atomic E-state index is 1.20. The molecule has 0 saturated carbocycles. The van der Waals surface area contributed by atoms with E-state index in [0.717, 1.165) is 0 Å². The van der Waals surface area contributed by atoms with Gasteiger partial charge in [-0.05, 0) is 29.3 Å². The molecule has 2 aromatic carbocycles. The molecule has 0 aliphatic carbocycles. The molecule has 0 aromatic heterocycles. The zero-order chi connectivity index (χ0) is 9.10. The summed E-state index contributed by atoms with van der Waals surface area (Å²) in [4.78, 5) is 0. The monoisotopic (exact) mass is 167 g/mol. The fraction of sp³-hybridized carbons (Fsp3) is 0. The van der Waals surface area contributed by atoms with Gasteiger partial charge in [-0.25, -0.2) is 0 Å². The molecule has 13 heavy (non-hydrogen) atoms. The van der Waals surface area contributed by atoms with E-state index in [2.05, 4.69) is 49.4 Å². The first-order valence-electron chi connectivity index (χ1n) is 4.35. The van der Waals surface area contributed by atoms with Crippen LogP contribution in [0.3, 0.4) is 0 Å². The second kappa shape index (κ2) is 3.44. The molecule has 2 rings (SSSR count). The fourth-order valence-corrected chi connectivity index (χ4v) is 1.45. The Morgan fingerprint density at radius 3 is 2.46 bits per heavy atom. The van der Waals surface area contributed by atoms with Crippen LogP contribution in [0.2, 0.25) is 0 Å². The highest BCUT2D eigenvalue weighted by molar-refractivity contribution is 5.84. The van der Waals surface area contributed by atoms with Crippen molar-refractivity contribution >= 4 is 16.8 Å². The standard InChI is InChI=1S/C13H11/c1-2-5-11-8-9-12-6-3-4-7-13(12)10-11/h2-10H,1H2/b5-2+. The van der Waals surface area contributed by atoms with Crippen LogP contribution < -0.4 is 0 Å². The third-order valence-corrected chi connectivity index (χ3v) is 2.08. The van der Waals surface area contributed by atoms with Crippen molar-refractivity contribution in [3.8, 4) is 0 Å². The van der Waals surface area contributed by atoms with Gasteiger partial charge in [-0.3, -0.25) is 0 Å². The van der Waals surface area contributed by atoms with Crippen LogP contribution in [0.25, 0.3) is 16.8 Å². The van der Waals surface area contributed by atoms with Gasteiger partial charge in [0.15, 0.2) is 0 Å². The van der Waals surface area contributed by atoms with E-state index in [1.807, 2.05) is 12.2 Å². The van der Waals surface area contributed by atoms with Crippen molar-refractivity contribution in [1.29, 1.82) is 0 Å². The molecule has 0 atom stereocenters. The number of fused-ring (bicyclic) bond motifs is 1. The minimum Gasteiger partial charge on any atom is -0.0836 e. The maximum atomic E-state index is 3.68. The number of rotatable bonds is 1. The largest absolute Gasteiger partial charge is 0.0836 e. The Hall–Kier alpha value is -1.56. The van der Waals surface area contributed by atoms with Gasteiger partial charge in [-0.2, -0.15) is 0 Å². The molecule has 0 spiro atoms. The molecular weight excluding hydrogens is 156 g/mol. The fourth-order valence-electron chi connectivity index (χ4n) is 1.45. The average Bonchev–Trinajstić information content (AvgIpc) is 2.18. The van der Waals surface area contributed by atoms with Gasteiger partial charge in [-0.15, -0.1) is 0 Å². The van der Waals surface area contributed by atoms with Crippen molar-refractivity contribution < 1.29 is 0 Å². The number of benzene rings is 2. The zero-order valence-corrected chi connectivity index (χ0v) is 7.40. The second-order valence-corrected chi connectivity index (χ2v) is 3.01. The molecule has 2 aromatic rings. The predicted molar refractivity (Wildman–Crippen MR) is 58.3 cm³/mol. The summed E-state index contributed by atoms with van der Waals surface area (Å²) in [5, 5.41) is 2.56. The maximum absolute atomic E-state index is 3.68. The van der Waals surface area contributed by atoms with Crippen molar-refractivity contribution in [2.45, 2.75) is 0 Å². The average molecular weight is 167 g/mol. The Balaban J connectivity index is 2.62. The number of allylic oxidation sites excluding steroid dienone is 1. The second-order valence-electron chi connectivity index (χ2n) is 3.01. The van der Waals surface area contributed by atoms with E-state index in [1.165, 1.54) is 16.3 Å². The first kappa shape index (κ1) is 8.06. The van der Waals surface area contributed by atoms with Crippen molar-refractivity contribution in [3.63, 3.8) is 0 Å². The van der Waals surface area contributed by atoms with E-state index in [1.54, 1.807) is 0 Å². The molecule has 63 valence electrons. The van der Waals surface area contributed by atoms with Crippen molar-refractivity contribution in [3.05, 3.63) is 61.0 Å². The molecule has 0 heterocycles. The Morgan fingerprint density at radius 2 is 1.69 bits per heavy atom. The van der Waals surface area contributed by atoms with Crippen LogP contribution in [-0.2, 0) is 0 Å². The summed E-state index contributed by atoms with van der Waals surface area (Å²) in [6.07, 6.45) is 3.82. The van der Waals surface area contributed by atoms with E-state index >= 15 is 0 Å². The molecule has 0 aliphatic rings. The molecule has 0 amide bonds. The van der Waals surface area contributed by atoms with Gasteiger partial charge in [0.1, 0.15) is 0 Å². The van der Waals surface area contributed by atoms with E-state index < -0.39 is 0 Å². The Labute approximate surface area is 78.5 Å². The quantitative estimate of drug-likeness (QED) is 0.607. The van der Waals surface area contributed by atoms with Crippen LogP contribution in [0.15, 0.2) is 48.5 Å². The lowest BCUT2D eigenvalue weighted by atomic mass is 10.1. The summed E-state index contributed by atoms with van der Waals surface area (Å²) in [6, 6.07) is 14.7. The predicted octanol–water partition coefficient (Wildman–Crippen LogP) is 3.69. The van der Waals surface area contributed by atoms with E-state index in [-0.39, 0.29) is 0 Å². The van der Waals surface area contributed by atoms with Crippen molar-refractivity contribution in [1.82, 2.24) is 0 Å². The third-order valence-electron chi connectivity index (χ3n) is 2.08. The van der Waals surface area contributed by atoms with Crippen LogP contribution >= 0.6 is 0 Å². The smallest absolute Gasteiger partial charge is 0.0178 e. The summed E-state index contributed by atoms with van der Waals surface area (Å²) >= 11 is 0. The van der Waals surface area contributed by atoms with Gasteiger partial charge in [-0.1, -0.05) is 48.6 Å². The van der Waals surface area contributed by atoms with Gasteiger partial charge < -0.3 is 0 Å². The molecule has 0 heteroatoms. The summed E-state index contributed by atoms with van der Waals surface area (Å²) in [6.45, 7) is 3.68. The molecule has 0 unspecified atom stereocenters. The highest BCUT2D eigenvalue weighted by atomic mass is 14.0. The van der Waals surface area contributed by atoms with Crippen LogP contribution in [-0.4, -0.2) is 0 Å². The van der Waals surface area contributed by atoms with Crippen molar-refractivity contribution in [2.24, 2.45) is 0 Å². The highest BCUT2D eigenvalue weighted by Crippen LogP contribution is 2.16. The first-order chi connectivity index (χ1) is 6.40. The lowest BCUT2D eigenvalue weighted by Crippen LogP contribution is -1.74. The lowest BCUT2D eigenvalue weighted by molar-refractivity contribution is 1.71. The molecule has 1 radical (unpaired) electrons. The Kier molecular flexibility index (Phi) is 2.13. The zero-order valence-electron chi connectivity index (χ0n) is 7.40. The van der Waals surface area contributed by atoms with E-state index in [4.69, 9.17) is 0 Å². The van der Waals surface area contributed by atoms with Gasteiger partial charge in [0.25, 0.3) is 0 Å². The molecular formula is C13H11. The molecule has 0 aliphatic heterocycles. The van der Waals surface area contributed by atoms with Crippen LogP contribution in [0.1, 0.15) is 5.56 Å². The summed E-state index contributed by atoms with van der Waals surface area (Å²) in [7, 11) is 0. The normalized spacial score (nSPS) is 11.2.